The highest BCUT2D eigenvalue weighted by Crippen LogP contribution is 2.30. The lowest BCUT2D eigenvalue weighted by atomic mass is 10.1. The van der Waals surface area contributed by atoms with Crippen molar-refractivity contribution in [2.24, 2.45) is 5.92 Å². The molecule has 90 valence electrons. The maximum Gasteiger partial charge on any atom is 0.165 e. The lowest BCUT2D eigenvalue weighted by molar-refractivity contribution is 0.350. The maximum atomic E-state index is 5.36. The van der Waals surface area contributed by atoms with Gasteiger partial charge in [-0.3, -0.25) is 0 Å². The van der Waals surface area contributed by atoms with Crippen LogP contribution in [0.25, 0.3) is 0 Å². The number of nitrogens with one attached hydrogen (secondary N) is 1. The molecule has 1 aromatic carbocycles. The molecular weight excluding hydrogens is 202 g/mol. The van der Waals surface area contributed by atoms with Gasteiger partial charge in [0.15, 0.2) is 11.5 Å². The fourth-order valence-electron chi connectivity index (χ4n) is 1.59. The Hall–Kier alpha value is -1.22. The molecule has 3 nitrogen and oxygen atoms in total. The molecule has 0 atom stereocenters. The van der Waals surface area contributed by atoms with Gasteiger partial charge in [0.2, 0.25) is 0 Å². The van der Waals surface area contributed by atoms with Gasteiger partial charge in [-0.05, 0) is 18.5 Å². The van der Waals surface area contributed by atoms with E-state index in [4.69, 9.17) is 9.47 Å². The minimum absolute atomic E-state index is 0.650. The average Bonchev–Trinajstić information content (AvgIpc) is 2.28. The monoisotopic (exact) mass is 223 g/mol. The molecular formula is C13H21NO2. The van der Waals surface area contributed by atoms with Gasteiger partial charge in [-0.2, -0.15) is 0 Å². The number of methoxy groups -OCH3 is 2. The van der Waals surface area contributed by atoms with Crippen molar-refractivity contribution in [2.45, 2.75) is 20.4 Å². The van der Waals surface area contributed by atoms with Crippen molar-refractivity contribution >= 4 is 0 Å². The third-order valence-corrected chi connectivity index (χ3v) is 2.35. The summed E-state index contributed by atoms with van der Waals surface area (Å²) >= 11 is 0. The van der Waals surface area contributed by atoms with Gasteiger partial charge in [0.25, 0.3) is 0 Å². The number of para-hydroxylation sites is 1. The van der Waals surface area contributed by atoms with Gasteiger partial charge in [0, 0.05) is 12.1 Å². The number of ether oxygens (including phenoxy) is 2. The van der Waals surface area contributed by atoms with E-state index < -0.39 is 0 Å². The fourth-order valence-corrected chi connectivity index (χ4v) is 1.59. The summed E-state index contributed by atoms with van der Waals surface area (Å²) < 4.78 is 10.6. The molecule has 0 heterocycles. The molecule has 0 aliphatic heterocycles. The number of hydrogen-bond donors (Lipinski definition) is 1. The first kappa shape index (κ1) is 12.8. The Kier molecular flexibility index (Phi) is 5.12. The minimum atomic E-state index is 0.650. The predicted molar refractivity (Wildman–Crippen MR) is 66.1 cm³/mol. The first-order valence-corrected chi connectivity index (χ1v) is 5.59. The molecule has 1 aromatic rings. The number of rotatable bonds is 6. The summed E-state index contributed by atoms with van der Waals surface area (Å²) in [6.45, 7) is 6.19. The van der Waals surface area contributed by atoms with E-state index in [1.165, 1.54) is 0 Å². The van der Waals surface area contributed by atoms with Crippen molar-refractivity contribution in [1.29, 1.82) is 0 Å². The van der Waals surface area contributed by atoms with Gasteiger partial charge in [-0.15, -0.1) is 0 Å². The van der Waals surface area contributed by atoms with E-state index in [1.54, 1.807) is 14.2 Å². The van der Waals surface area contributed by atoms with Crippen molar-refractivity contribution in [2.75, 3.05) is 20.8 Å². The lowest BCUT2D eigenvalue weighted by Crippen LogP contribution is -2.19. The van der Waals surface area contributed by atoms with E-state index in [-0.39, 0.29) is 0 Å². The lowest BCUT2D eigenvalue weighted by Gasteiger charge is -2.13. The van der Waals surface area contributed by atoms with E-state index in [0.29, 0.717) is 5.92 Å². The highest BCUT2D eigenvalue weighted by molar-refractivity contribution is 5.46. The Morgan fingerprint density at radius 1 is 1.19 bits per heavy atom. The van der Waals surface area contributed by atoms with Crippen LogP contribution in [0.2, 0.25) is 0 Å². The van der Waals surface area contributed by atoms with Crippen LogP contribution in [0.5, 0.6) is 11.5 Å². The summed E-state index contributed by atoms with van der Waals surface area (Å²) in [5.41, 5.74) is 1.13. The molecule has 1 N–H and O–H groups in total. The molecule has 0 amide bonds. The van der Waals surface area contributed by atoms with Gasteiger partial charge in [0.05, 0.1) is 14.2 Å². The van der Waals surface area contributed by atoms with E-state index in [9.17, 15) is 0 Å². The van der Waals surface area contributed by atoms with Crippen molar-refractivity contribution in [3.8, 4) is 11.5 Å². The van der Waals surface area contributed by atoms with Crippen LogP contribution in [0.3, 0.4) is 0 Å². The van der Waals surface area contributed by atoms with Crippen LogP contribution in [0.4, 0.5) is 0 Å². The largest absolute Gasteiger partial charge is 0.493 e. The fraction of sp³-hybridized carbons (Fsp3) is 0.538. The Balaban J connectivity index is 2.71. The zero-order valence-corrected chi connectivity index (χ0v) is 10.5. The Morgan fingerprint density at radius 3 is 2.50 bits per heavy atom. The van der Waals surface area contributed by atoms with Gasteiger partial charge < -0.3 is 14.8 Å². The van der Waals surface area contributed by atoms with Gasteiger partial charge in [-0.1, -0.05) is 26.0 Å². The standard InChI is InChI=1S/C13H21NO2/c1-10(2)8-14-9-11-6-5-7-12(15-3)13(11)16-4/h5-7,10,14H,8-9H2,1-4H3. The molecule has 0 saturated carbocycles. The van der Waals surface area contributed by atoms with Gasteiger partial charge in [-0.25, -0.2) is 0 Å². The van der Waals surface area contributed by atoms with Crippen LogP contribution >= 0.6 is 0 Å². The normalized spacial score (nSPS) is 10.6. The zero-order valence-electron chi connectivity index (χ0n) is 10.5. The molecule has 3 heteroatoms. The van der Waals surface area contributed by atoms with Gasteiger partial charge >= 0.3 is 0 Å². The molecule has 0 fully saturated rings. The SMILES string of the molecule is COc1cccc(CNCC(C)C)c1OC. The summed E-state index contributed by atoms with van der Waals surface area (Å²) in [5, 5.41) is 3.39. The maximum absolute atomic E-state index is 5.36. The Bertz CT molecular complexity index is 324. The van der Waals surface area contributed by atoms with Crippen LogP contribution in [0.15, 0.2) is 18.2 Å². The second kappa shape index (κ2) is 6.38. The average molecular weight is 223 g/mol. The Labute approximate surface area is 97.8 Å². The second-order valence-corrected chi connectivity index (χ2v) is 4.18. The van der Waals surface area contributed by atoms with E-state index in [1.807, 2.05) is 12.1 Å². The van der Waals surface area contributed by atoms with E-state index in [2.05, 4.69) is 25.2 Å². The second-order valence-electron chi connectivity index (χ2n) is 4.18. The van der Waals surface area contributed by atoms with Crippen LogP contribution in [-0.2, 0) is 6.54 Å². The van der Waals surface area contributed by atoms with Crippen LogP contribution in [0.1, 0.15) is 19.4 Å². The zero-order chi connectivity index (χ0) is 12.0. The summed E-state index contributed by atoms with van der Waals surface area (Å²) in [4.78, 5) is 0. The first-order valence-electron chi connectivity index (χ1n) is 5.59. The molecule has 1 rings (SSSR count). The summed E-state index contributed by atoms with van der Waals surface area (Å²) in [5.74, 6) is 2.25. The van der Waals surface area contributed by atoms with Crippen molar-refractivity contribution < 1.29 is 9.47 Å². The third kappa shape index (κ3) is 3.42. The van der Waals surface area contributed by atoms with E-state index >= 15 is 0 Å². The van der Waals surface area contributed by atoms with Crippen LogP contribution in [-0.4, -0.2) is 20.8 Å². The quantitative estimate of drug-likeness (QED) is 0.803. The minimum Gasteiger partial charge on any atom is -0.493 e. The highest BCUT2D eigenvalue weighted by Gasteiger charge is 2.08. The van der Waals surface area contributed by atoms with Crippen molar-refractivity contribution in [3.05, 3.63) is 23.8 Å². The number of benzene rings is 1. The molecule has 0 spiro atoms. The van der Waals surface area contributed by atoms with Crippen molar-refractivity contribution in [3.63, 3.8) is 0 Å². The van der Waals surface area contributed by atoms with Crippen LogP contribution < -0.4 is 14.8 Å². The van der Waals surface area contributed by atoms with E-state index in [0.717, 1.165) is 30.2 Å². The van der Waals surface area contributed by atoms with Crippen molar-refractivity contribution in [1.82, 2.24) is 5.32 Å². The highest BCUT2D eigenvalue weighted by atomic mass is 16.5. The molecule has 0 aliphatic rings. The molecule has 0 aliphatic carbocycles. The van der Waals surface area contributed by atoms with Gasteiger partial charge in [0.1, 0.15) is 0 Å². The molecule has 0 aromatic heterocycles. The predicted octanol–water partition coefficient (Wildman–Crippen LogP) is 2.45. The molecule has 0 saturated heterocycles. The summed E-state index contributed by atoms with van der Waals surface area (Å²) in [6, 6.07) is 5.94. The summed E-state index contributed by atoms with van der Waals surface area (Å²) in [7, 11) is 3.33. The Morgan fingerprint density at radius 2 is 1.94 bits per heavy atom. The molecule has 0 radical (unpaired) electrons. The first-order chi connectivity index (χ1) is 7.69. The summed E-state index contributed by atoms with van der Waals surface area (Å²) in [6.07, 6.45) is 0. The third-order valence-electron chi connectivity index (χ3n) is 2.35. The molecule has 0 bridgehead atoms. The van der Waals surface area contributed by atoms with Crippen LogP contribution in [0, 0.1) is 5.92 Å². The topological polar surface area (TPSA) is 30.5 Å². The molecule has 0 unspecified atom stereocenters. The smallest absolute Gasteiger partial charge is 0.165 e. The number of hydrogen-bond acceptors (Lipinski definition) is 3. The molecule has 16 heavy (non-hydrogen) atoms.